The van der Waals surface area contributed by atoms with Crippen LogP contribution in [-0.2, 0) is 24.0 Å². The number of carboxylic acid groups (broad SMARTS) is 2. The number of carboxylic acids is 2. The van der Waals surface area contributed by atoms with Gasteiger partial charge in [0.05, 0.1) is 19.1 Å². The van der Waals surface area contributed by atoms with Crippen molar-refractivity contribution < 1.29 is 44.4 Å². The van der Waals surface area contributed by atoms with Gasteiger partial charge in [-0.1, -0.05) is 13.8 Å². The average Bonchev–Trinajstić information content (AvgIpc) is 2.62. The van der Waals surface area contributed by atoms with Crippen molar-refractivity contribution in [1.29, 1.82) is 0 Å². The van der Waals surface area contributed by atoms with Crippen molar-refractivity contribution in [2.75, 3.05) is 6.61 Å². The second-order valence-corrected chi connectivity index (χ2v) is 7.20. The summed E-state index contributed by atoms with van der Waals surface area (Å²) in [6.45, 7) is 3.89. The highest BCUT2D eigenvalue weighted by molar-refractivity contribution is 5.95. The van der Waals surface area contributed by atoms with Crippen LogP contribution in [0.3, 0.4) is 0 Å². The Morgan fingerprint density at radius 1 is 0.867 bits per heavy atom. The fourth-order valence-electron chi connectivity index (χ4n) is 2.36. The Labute approximate surface area is 173 Å². The third-order valence-corrected chi connectivity index (χ3v) is 3.93. The van der Waals surface area contributed by atoms with E-state index >= 15 is 0 Å². The number of aliphatic hydroxyl groups is 2. The maximum atomic E-state index is 12.4. The molecule has 0 aromatic heterocycles. The minimum Gasteiger partial charge on any atom is -0.481 e. The number of carbonyl (C=O) groups is 5. The molecule has 0 radical (unpaired) electrons. The first-order valence-corrected chi connectivity index (χ1v) is 9.20. The van der Waals surface area contributed by atoms with Crippen LogP contribution in [-0.4, -0.2) is 87.0 Å². The van der Waals surface area contributed by atoms with Crippen LogP contribution in [0.25, 0.3) is 0 Å². The molecule has 0 saturated heterocycles. The summed E-state index contributed by atoms with van der Waals surface area (Å²) in [6, 6.07) is -5.95. The molecule has 3 amide bonds. The number of nitrogens with two attached hydrogens (primary N) is 1. The molecule has 172 valence electrons. The van der Waals surface area contributed by atoms with Gasteiger partial charge in [0.25, 0.3) is 0 Å². The Bertz CT molecular complexity index is 639. The standard InChI is InChI=1S/C17H30N4O9/c1-7(2)4-11(17(29)30)20-15(27)10(5-12(24)25)19-16(28)13(8(3)23)21-14(26)9(18)6-22/h7-11,13,22-23H,4-6,18H2,1-3H3,(H,19,28)(H,20,27)(H,21,26)(H,24,25)(H,29,30). The largest absolute Gasteiger partial charge is 0.481 e. The van der Waals surface area contributed by atoms with Crippen LogP contribution in [0.1, 0.15) is 33.6 Å². The van der Waals surface area contributed by atoms with Gasteiger partial charge >= 0.3 is 11.9 Å². The molecule has 0 aromatic carbocycles. The van der Waals surface area contributed by atoms with Gasteiger partial charge in [0, 0.05) is 0 Å². The summed E-state index contributed by atoms with van der Waals surface area (Å²) >= 11 is 0. The average molecular weight is 434 g/mol. The Hall–Kier alpha value is -2.77. The van der Waals surface area contributed by atoms with Gasteiger partial charge in [-0.2, -0.15) is 0 Å². The summed E-state index contributed by atoms with van der Waals surface area (Å²) < 4.78 is 0. The van der Waals surface area contributed by atoms with E-state index in [9.17, 15) is 34.2 Å². The van der Waals surface area contributed by atoms with Gasteiger partial charge in [-0.05, 0) is 19.3 Å². The van der Waals surface area contributed by atoms with E-state index in [2.05, 4.69) is 16.0 Å². The third kappa shape index (κ3) is 9.62. The smallest absolute Gasteiger partial charge is 0.326 e. The van der Waals surface area contributed by atoms with Crippen LogP contribution in [0.5, 0.6) is 0 Å². The van der Waals surface area contributed by atoms with Gasteiger partial charge in [-0.3, -0.25) is 19.2 Å². The molecule has 0 rings (SSSR count). The Balaban J connectivity index is 5.43. The molecule has 13 nitrogen and oxygen atoms in total. The molecule has 0 aromatic rings. The molecule has 0 spiro atoms. The molecule has 0 bridgehead atoms. The van der Waals surface area contributed by atoms with Gasteiger partial charge < -0.3 is 42.1 Å². The molecule has 5 atom stereocenters. The number of aliphatic hydroxyl groups excluding tert-OH is 2. The first kappa shape index (κ1) is 27.2. The third-order valence-electron chi connectivity index (χ3n) is 3.93. The summed E-state index contributed by atoms with van der Waals surface area (Å²) in [5, 5.41) is 43.2. The zero-order chi connectivity index (χ0) is 23.6. The van der Waals surface area contributed by atoms with E-state index in [1.807, 2.05) is 0 Å². The quantitative estimate of drug-likeness (QED) is 0.144. The molecule has 0 saturated carbocycles. The van der Waals surface area contributed by atoms with Crippen molar-refractivity contribution in [2.24, 2.45) is 11.7 Å². The zero-order valence-electron chi connectivity index (χ0n) is 17.0. The van der Waals surface area contributed by atoms with E-state index < -0.39 is 73.0 Å². The lowest BCUT2D eigenvalue weighted by Crippen LogP contribution is -2.60. The molecule has 0 fully saturated rings. The Kier molecular flexibility index (Phi) is 11.5. The fourth-order valence-corrected chi connectivity index (χ4v) is 2.36. The van der Waals surface area contributed by atoms with Gasteiger partial charge in [0.15, 0.2) is 0 Å². The predicted molar refractivity (Wildman–Crippen MR) is 102 cm³/mol. The van der Waals surface area contributed by atoms with Crippen LogP contribution < -0.4 is 21.7 Å². The molecular weight excluding hydrogens is 404 g/mol. The molecule has 0 heterocycles. The maximum absolute atomic E-state index is 12.4. The van der Waals surface area contributed by atoms with Gasteiger partial charge in [-0.15, -0.1) is 0 Å². The maximum Gasteiger partial charge on any atom is 0.326 e. The van der Waals surface area contributed by atoms with Crippen molar-refractivity contribution in [2.45, 2.75) is 63.9 Å². The summed E-state index contributed by atoms with van der Waals surface area (Å²) in [7, 11) is 0. The second kappa shape index (κ2) is 12.7. The highest BCUT2D eigenvalue weighted by Gasteiger charge is 2.33. The molecule has 5 unspecified atom stereocenters. The lowest BCUT2D eigenvalue weighted by molar-refractivity contribution is -0.144. The van der Waals surface area contributed by atoms with Crippen molar-refractivity contribution in [3.8, 4) is 0 Å². The van der Waals surface area contributed by atoms with Crippen LogP contribution in [0, 0.1) is 5.92 Å². The van der Waals surface area contributed by atoms with Crippen LogP contribution in [0.2, 0.25) is 0 Å². The second-order valence-electron chi connectivity index (χ2n) is 7.20. The number of amides is 3. The van der Waals surface area contributed by atoms with E-state index in [-0.39, 0.29) is 12.3 Å². The molecule has 30 heavy (non-hydrogen) atoms. The summed E-state index contributed by atoms with van der Waals surface area (Å²) in [6.07, 6.45) is -2.26. The van der Waals surface area contributed by atoms with E-state index in [0.717, 1.165) is 6.92 Å². The first-order valence-electron chi connectivity index (χ1n) is 9.20. The molecule has 0 aliphatic heterocycles. The van der Waals surface area contributed by atoms with E-state index in [0.29, 0.717) is 0 Å². The highest BCUT2D eigenvalue weighted by Crippen LogP contribution is 2.06. The van der Waals surface area contributed by atoms with Crippen molar-refractivity contribution in [3.05, 3.63) is 0 Å². The van der Waals surface area contributed by atoms with Gasteiger partial charge in [0.1, 0.15) is 24.2 Å². The van der Waals surface area contributed by atoms with Crippen molar-refractivity contribution in [3.63, 3.8) is 0 Å². The number of hydrogen-bond acceptors (Lipinski definition) is 8. The van der Waals surface area contributed by atoms with E-state index in [1.165, 1.54) is 0 Å². The topological polar surface area (TPSA) is 228 Å². The Morgan fingerprint density at radius 2 is 1.40 bits per heavy atom. The van der Waals surface area contributed by atoms with Gasteiger partial charge in [-0.25, -0.2) is 4.79 Å². The minimum absolute atomic E-state index is 0.0697. The van der Waals surface area contributed by atoms with Crippen LogP contribution in [0.15, 0.2) is 0 Å². The SMILES string of the molecule is CC(C)CC(NC(=O)C(CC(=O)O)NC(=O)C(NC(=O)C(N)CO)C(C)O)C(=O)O. The predicted octanol–water partition coefficient (Wildman–Crippen LogP) is -3.25. The fraction of sp³-hybridized carbons (Fsp3) is 0.706. The molecule has 0 aliphatic rings. The lowest BCUT2D eigenvalue weighted by Gasteiger charge is -2.26. The van der Waals surface area contributed by atoms with Crippen LogP contribution >= 0.6 is 0 Å². The number of hydrogen-bond donors (Lipinski definition) is 8. The highest BCUT2D eigenvalue weighted by atomic mass is 16.4. The number of aliphatic carboxylic acids is 2. The van der Waals surface area contributed by atoms with Crippen LogP contribution in [0.4, 0.5) is 0 Å². The molecule has 13 heteroatoms. The summed E-state index contributed by atoms with van der Waals surface area (Å²) in [5.74, 6) is -5.98. The van der Waals surface area contributed by atoms with E-state index in [4.69, 9.17) is 15.9 Å². The lowest BCUT2D eigenvalue weighted by atomic mass is 10.0. The molecule has 0 aliphatic carbocycles. The Morgan fingerprint density at radius 3 is 1.80 bits per heavy atom. The van der Waals surface area contributed by atoms with E-state index in [1.54, 1.807) is 13.8 Å². The molecule has 9 N–H and O–H groups in total. The number of nitrogens with one attached hydrogen (secondary N) is 3. The summed E-state index contributed by atoms with van der Waals surface area (Å²) in [4.78, 5) is 59.1. The van der Waals surface area contributed by atoms with Gasteiger partial charge in [0.2, 0.25) is 17.7 Å². The summed E-state index contributed by atoms with van der Waals surface area (Å²) in [5.41, 5.74) is 5.33. The van der Waals surface area contributed by atoms with Crippen molar-refractivity contribution >= 4 is 29.7 Å². The normalized spacial score (nSPS) is 16.0. The number of rotatable bonds is 13. The van der Waals surface area contributed by atoms with Crippen molar-refractivity contribution in [1.82, 2.24) is 16.0 Å². The minimum atomic E-state index is -1.67. The zero-order valence-corrected chi connectivity index (χ0v) is 17.0. The monoisotopic (exact) mass is 434 g/mol. The molecular formula is C17H30N4O9. The first-order chi connectivity index (χ1) is 13.8. The number of carbonyl (C=O) groups excluding carboxylic acids is 3.